The quantitative estimate of drug-likeness (QED) is 0.649. The molecule has 3 aromatic rings. The zero-order valence-corrected chi connectivity index (χ0v) is 18.5. The van der Waals surface area contributed by atoms with Gasteiger partial charge in [-0.1, -0.05) is 18.2 Å². The lowest BCUT2D eigenvalue weighted by molar-refractivity contribution is -0.122. The highest BCUT2D eigenvalue weighted by Crippen LogP contribution is 2.25. The Kier molecular flexibility index (Phi) is 5.90. The molecule has 1 aliphatic carbocycles. The fourth-order valence-corrected chi connectivity index (χ4v) is 4.88. The van der Waals surface area contributed by atoms with Crippen molar-refractivity contribution in [3.8, 4) is 0 Å². The number of aromatic nitrogens is 2. The number of nitrogens with one attached hydrogen (secondary N) is 1. The minimum absolute atomic E-state index is 0.0176. The zero-order chi connectivity index (χ0) is 22.8. The molecule has 172 valence electrons. The van der Waals surface area contributed by atoms with Gasteiger partial charge in [0.05, 0.1) is 22.9 Å². The molecule has 0 bridgehead atoms. The molecule has 8 nitrogen and oxygen atoms in total. The van der Waals surface area contributed by atoms with Gasteiger partial charge >= 0.3 is 5.69 Å². The maximum atomic E-state index is 13.3. The summed E-state index contributed by atoms with van der Waals surface area (Å²) >= 11 is 0. The first-order chi connectivity index (χ1) is 16.1. The summed E-state index contributed by atoms with van der Waals surface area (Å²) in [5.41, 5.74) is 3.01. The van der Waals surface area contributed by atoms with Crippen LogP contribution in [0.2, 0.25) is 0 Å². The Hall–Kier alpha value is -3.55. The van der Waals surface area contributed by atoms with Crippen LogP contribution in [0.5, 0.6) is 0 Å². The number of hydrogen-bond acceptors (Lipinski definition) is 4. The van der Waals surface area contributed by atoms with Gasteiger partial charge in [-0.3, -0.25) is 18.7 Å². The second-order valence-corrected chi connectivity index (χ2v) is 8.78. The first kappa shape index (κ1) is 21.3. The average molecular weight is 449 g/mol. The van der Waals surface area contributed by atoms with Crippen LogP contribution in [0.25, 0.3) is 16.7 Å². The molecule has 0 radical (unpaired) electrons. The summed E-state index contributed by atoms with van der Waals surface area (Å²) in [6, 6.07) is 9.29. The normalized spacial score (nSPS) is 17.2. The molecular weight excluding hydrogens is 420 g/mol. The maximum Gasteiger partial charge on any atom is 0.333 e. The summed E-state index contributed by atoms with van der Waals surface area (Å²) in [4.78, 5) is 40.4. The largest absolute Gasteiger partial charge is 0.472 e. The second kappa shape index (κ2) is 9.13. The highest BCUT2D eigenvalue weighted by atomic mass is 16.3. The van der Waals surface area contributed by atoms with Crippen molar-refractivity contribution >= 4 is 28.5 Å². The van der Waals surface area contributed by atoms with Crippen LogP contribution in [0.4, 0.5) is 0 Å². The number of nitrogens with zero attached hydrogens (tertiary/aromatic N) is 3. The Morgan fingerprint density at radius 2 is 1.85 bits per heavy atom. The minimum atomic E-state index is -0.183. The van der Waals surface area contributed by atoms with Gasteiger partial charge in [-0.25, -0.2) is 4.79 Å². The van der Waals surface area contributed by atoms with Crippen LogP contribution in [0.15, 0.2) is 58.1 Å². The highest BCUT2D eigenvalue weighted by Gasteiger charge is 2.26. The Balaban J connectivity index is 1.27. The number of hydrogen-bond donors (Lipinski definition) is 1. The van der Waals surface area contributed by atoms with Crippen molar-refractivity contribution in [2.75, 3.05) is 13.1 Å². The van der Waals surface area contributed by atoms with E-state index in [4.69, 9.17) is 4.42 Å². The van der Waals surface area contributed by atoms with E-state index in [9.17, 15) is 14.4 Å². The topological polar surface area (TPSA) is 89.5 Å². The predicted molar refractivity (Wildman–Crippen MR) is 125 cm³/mol. The van der Waals surface area contributed by atoms with E-state index in [0.717, 1.165) is 42.4 Å². The molecule has 0 saturated carbocycles. The number of benzene rings is 1. The molecule has 0 unspecified atom stereocenters. The van der Waals surface area contributed by atoms with Gasteiger partial charge in [0.15, 0.2) is 0 Å². The van der Waals surface area contributed by atoms with Gasteiger partial charge < -0.3 is 14.6 Å². The molecular formula is C25H28N4O4. The van der Waals surface area contributed by atoms with E-state index in [2.05, 4.69) is 11.4 Å². The van der Waals surface area contributed by atoms with Gasteiger partial charge in [-0.2, -0.15) is 0 Å². The standard InChI is InChI=1S/C25H28N4O4/c30-23(26-19-10-13-27(14-11-19)24(31)18-12-15-33-17-18)16-28-21-8-4-5-9-22(21)29(25(28)32)20-6-2-1-3-7-20/h4-6,8-9,12,15,17,19H,1-3,7,10-11,13-14,16H2,(H,26,30). The number of likely N-dealkylation sites (tertiary alicyclic amines) is 1. The smallest absolute Gasteiger partial charge is 0.333 e. The van der Waals surface area contributed by atoms with Crippen molar-refractivity contribution in [1.82, 2.24) is 19.4 Å². The van der Waals surface area contributed by atoms with Crippen molar-refractivity contribution in [2.24, 2.45) is 0 Å². The van der Waals surface area contributed by atoms with E-state index in [0.29, 0.717) is 31.5 Å². The minimum Gasteiger partial charge on any atom is -0.472 e. The van der Waals surface area contributed by atoms with Crippen LogP contribution in [0.3, 0.4) is 0 Å². The number of carbonyl (C=O) groups is 2. The number of rotatable bonds is 5. The number of para-hydroxylation sites is 2. The Morgan fingerprint density at radius 1 is 1.06 bits per heavy atom. The Labute approximate surface area is 191 Å². The molecule has 33 heavy (non-hydrogen) atoms. The van der Waals surface area contributed by atoms with Crippen LogP contribution >= 0.6 is 0 Å². The van der Waals surface area contributed by atoms with Crippen molar-refractivity contribution < 1.29 is 14.0 Å². The van der Waals surface area contributed by atoms with Gasteiger partial charge in [0, 0.05) is 24.8 Å². The third-order valence-electron chi connectivity index (χ3n) is 6.61. The van der Waals surface area contributed by atoms with E-state index >= 15 is 0 Å². The van der Waals surface area contributed by atoms with Crippen molar-refractivity contribution in [2.45, 2.75) is 51.1 Å². The SMILES string of the molecule is O=C(Cn1c(=O)n(C2=CCCCC2)c2ccccc21)NC1CCN(C(=O)c2ccoc2)CC1. The van der Waals surface area contributed by atoms with Crippen molar-refractivity contribution in [3.05, 3.63) is 65.0 Å². The van der Waals surface area contributed by atoms with Gasteiger partial charge in [0.2, 0.25) is 5.91 Å². The molecule has 2 aromatic heterocycles. The van der Waals surface area contributed by atoms with E-state index in [1.807, 2.05) is 24.3 Å². The molecule has 1 fully saturated rings. The molecule has 1 aromatic carbocycles. The second-order valence-electron chi connectivity index (χ2n) is 8.78. The molecule has 1 aliphatic heterocycles. The number of furan rings is 1. The van der Waals surface area contributed by atoms with Gasteiger partial charge in [0.25, 0.3) is 5.91 Å². The lowest BCUT2D eigenvalue weighted by Gasteiger charge is -2.32. The number of imidazole rings is 1. The first-order valence-electron chi connectivity index (χ1n) is 11.6. The molecule has 0 atom stereocenters. The fraction of sp³-hybridized carbons (Fsp3) is 0.400. The highest BCUT2D eigenvalue weighted by molar-refractivity contribution is 5.93. The zero-order valence-electron chi connectivity index (χ0n) is 18.5. The number of amides is 2. The number of piperidine rings is 1. The molecule has 0 spiro atoms. The summed E-state index contributed by atoms with van der Waals surface area (Å²) in [5.74, 6) is -0.234. The lowest BCUT2D eigenvalue weighted by atomic mass is 10.0. The molecule has 5 rings (SSSR count). The molecule has 2 aliphatic rings. The third kappa shape index (κ3) is 4.25. The summed E-state index contributed by atoms with van der Waals surface area (Å²) in [7, 11) is 0. The lowest BCUT2D eigenvalue weighted by Crippen LogP contribution is -2.47. The third-order valence-corrected chi connectivity index (χ3v) is 6.61. The molecule has 2 amide bonds. The van der Waals surface area contributed by atoms with Crippen LogP contribution in [0, 0.1) is 0 Å². The predicted octanol–water partition coefficient (Wildman–Crippen LogP) is 3.23. The van der Waals surface area contributed by atoms with Gasteiger partial charge in [0.1, 0.15) is 12.8 Å². The van der Waals surface area contributed by atoms with Crippen LogP contribution in [0.1, 0.15) is 48.9 Å². The molecule has 8 heteroatoms. The number of fused-ring (bicyclic) bond motifs is 1. The van der Waals surface area contributed by atoms with E-state index in [1.54, 1.807) is 20.1 Å². The van der Waals surface area contributed by atoms with Crippen molar-refractivity contribution in [3.63, 3.8) is 0 Å². The van der Waals surface area contributed by atoms with Crippen LogP contribution < -0.4 is 11.0 Å². The molecule has 3 heterocycles. The fourth-order valence-electron chi connectivity index (χ4n) is 4.88. The van der Waals surface area contributed by atoms with Crippen LogP contribution in [-0.2, 0) is 11.3 Å². The van der Waals surface area contributed by atoms with Crippen LogP contribution in [-0.4, -0.2) is 45.0 Å². The van der Waals surface area contributed by atoms with E-state index in [1.165, 1.54) is 12.5 Å². The number of allylic oxidation sites excluding steroid dienone is 2. The summed E-state index contributed by atoms with van der Waals surface area (Å²) in [6.45, 7) is 1.12. The maximum absolute atomic E-state index is 13.3. The van der Waals surface area contributed by atoms with Gasteiger partial charge in [-0.15, -0.1) is 0 Å². The monoisotopic (exact) mass is 448 g/mol. The molecule has 1 N–H and O–H groups in total. The van der Waals surface area contributed by atoms with Gasteiger partial charge in [-0.05, 0) is 56.7 Å². The van der Waals surface area contributed by atoms with Crippen molar-refractivity contribution in [1.29, 1.82) is 0 Å². The number of carbonyl (C=O) groups excluding carboxylic acids is 2. The van der Waals surface area contributed by atoms with E-state index in [-0.39, 0.29) is 30.1 Å². The average Bonchev–Trinajstić information content (AvgIpc) is 3.47. The van der Waals surface area contributed by atoms with E-state index < -0.39 is 0 Å². The Morgan fingerprint density at radius 3 is 2.55 bits per heavy atom. The summed E-state index contributed by atoms with van der Waals surface area (Å²) < 4.78 is 8.33. The summed E-state index contributed by atoms with van der Waals surface area (Å²) in [5, 5.41) is 3.06. The molecule has 1 saturated heterocycles. The summed E-state index contributed by atoms with van der Waals surface area (Å²) in [6.07, 6.45) is 10.5. The Bertz CT molecular complexity index is 1240. The first-order valence-corrected chi connectivity index (χ1v) is 11.6.